The van der Waals surface area contributed by atoms with E-state index in [1.165, 1.54) is 0 Å². The number of hydrogen-bond donors (Lipinski definition) is 1. The first-order chi connectivity index (χ1) is 4.93. The molecule has 0 aliphatic heterocycles. The third kappa shape index (κ3) is 2.26. The summed E-state index contributed by atoms with van der Waals surface area (Å²) in [7, 11) is 0. The van der Waals surface area contributed by atoms with E-state index in [9.17, 15) is 0 Å². The van der Waals surface area contributed by atoms with E-state index >= 15 is 0 Å². The highest BCUT2D eigenvalue weighted by Gasteiger charge is 1.86. The zero-order valence-electron chi connectivity index (χ0n) is 5.62. The Labute approximate surface area is 66.3 Å². The van der Waals surface area contributed by atoms with Gasteiger partial charge in [-0.2, -0.15) is 12.6 Å². The van der Waals surface area contributed by atoms with Crippen LogP contribution in [0.4, 0.5) is 0 Å². The third-order valence-electron chi connectivity index (χ3n) is 1.08. The van der Waals surface area contributed by atoms with Crippen molar-refractivity contribution < 1.29 is 0 Å². The zero-order valence-corrected chi connectivity index (χ0v) is 6.51. The molecule has 0 bridgehead atoms. The minimum atomic E-state index is 0.780. The van der Waals surface area contributed by atoms with Crippen molar-refractivity contribution in [1.29, 1.82) is 0 Å². The average molecular weight is 151 g/mol. The van der Waals surface area contributed by atoms with Crippen LogP contribution < -0.4 is 0 Å². The van der Waals surface area contributed by atoms with Gasteiger partial charge in [-0.1, -0.05) is 6.08 Å². The molecule has 0 aromatic carbocycles. The molecule has 0 heterocycles. The van der Waals surface area contributed by atoms with Crippen molar-refractivity contribution in [2.24, 2.45) is 4.99 Å². The van der Waals surface area contributed by atoms with Crippen LogP contribution in [0.25, 0.3) is 0 Å². The van der Waals surface area contributed by atoms with Gasteiger partial charge < -0.3 is 0 Å². The molecule has 0 unspecified atom stereocenters. The second-order valence-electron chi connectivity index (χ2n) is 1.88. The van der Waals surface area contributed by atoms with Crippen LogP contribution in [0.2, 0.25) is 0 Å². The molecule has 0 saturated heterocycles. The molecule has 0 fully saturated rings. The van der Waals surface area contributed by atoms with Gasteiger partial charge in [0, 0.05) is 24.1 Å². The number of nitrogens with zero attached hydrogens (tertiary/aromatic N) is 1. The first kappa shape index (κ1) is 7.39. The van der Waals surface area contributed by atoms with Crippen LogP contribution in [0.15, 0.2) is 34.5 Å². The van der Waals surface area contributed by atoms with Gasteiger partial charge in [0.1, 0.15) is 0 Å². The van der Waals surface area contributed by atoms with Crippen LogP contribution in [0, 0.1) is 0 Å². The molecule has 0 saturated carbocycles. The molecule has 0 radical (unpaired) electrons. The second kappa shape index (κ2) is 4.15. The van der Waals surface area contributed by atoms with Gasteiger partial charge in [-0.05, 0) is 12.2 Å². The lowest BCUT2D eigenvalue weighted by Crippen LogP contribution is -1.82. The van der Waals surface area contributed by atoms with E-state index in [2.05, 4.69) is 23.4 Å². The maximum atomic E-state index is 4.10. The molecule has 52 valence electrons. The molecule has 0 atom stereocenters. The van der Waals surface area contributed by atoms with E-state index in [1.54, 1.807) is 0 Å². The molecule has 1 rings (SSSR count). The topological polar surface area (TPSA) is 12.4 Å². The van der Waals surface area contributed by atoms with Gasteiger partial charge in [0.2, 0.25) is 0 Å². The molecule has 0 amide bonds. The lowest BCUT2D eigenvalue weighted by Gasteiger charge is -1.84. The molecular weight excluding hydrogens is 142 g/mol. The summed E-state index contributed by atoms with van der Waals surface area (Å²) in [5, 5.41) is 0. The average Bonchev–Trinajstić information content (AvgIpc) is 2.41. The van der Waals surface area contributed by atoms with Gasteiger partial charge in [0.25, 0.3) is 0 Å². The summed E-state index contributed by atoms with van der Waals surface area (Å²) in [6, 6.07) is 0. The van der Waals surface area contributed by atoms with Crippen LogP contribution in [-0.4, -0.2) is 18.5 Å². The van der Waals surface area contributed by atoms with Gasteiger partial charge >= 0.3 is 0 Å². The van der Waals surface area contributed by atoms with E-state index in [0.717, 1.165) is 17.9 Å². The summed E-state index contributed by atoms with van der Waals surface area (Å²) >= 11 is 4.03. The number of aliphatic imine (C=N–C) groups is 1. The standard InChI is InChI=1S/C8H9NS/c10-6-5-9-7-8-3-1-2-4-8/h1-3,7,10H,5-6H2. The monoisotopic (exact) mass is 151 g/mol. The quantitative estimate of drug-likeness (QED) is 0.357. The first-order valence-electron chi connectivity index (χ1n) is 3.17. The van der Waals surface area contributed by atoms with Crippen molar-refractivity contribution in [3.63, 3.8) is 0 Å². The maximum Gasteiger partial charge on any atom is 0.0477 e. The molecular formula is C8H9NS. The van der Waals surface area contributed by atoms with Crippen molar-refractivity contribution in [3.05, 3.63) is 29.5 Å². The van der Waals surface area contributed by atoms with Crippen LogP contribution >= 0.6 is 12.6 Å². The number of allylic oxidation sites excluding steroid dienone is 3. The Bertz CT molecular complexity index is 219. The molecule has 0 N–H and O–H groups in total. The predicted octanol–water partition coefficient (Wildman–Crippen LogP) is 1.64. The highest BCUT2D eigenvalue weighted by molar-refractivity contribution is 7.80. The minimum absolute atomic E-state index is 0.780. The second-order valence-corrected chi connectivity index (χ2v) is 2.33. The van der Waals surface area contributed by atoms with Gasteiger partial charge in [-0.15, -0.1) is 5.73 Å². The number of thiol groups is 1. The Balaban J connectivity index is 2.39. The Morgan fingerprint density at radius 1 is 1.70 bits per heavy atom. The summed E-state index contributed by atoms with van der Waals surface area (Å²) < 4.78 is 0. The third-order valence-corrected chi connectivity index (χ3v) is 1.28. The van der Waals surface area contributed by atoms with E-state index in [4.69, 9.17) is 0 Å². The van der Waals surface area contributed by atoms with Crippen molar-refractivity contribution in [3.8, 4) is 0 Å². The summed E-state index contributed by atoms with van der Waals surface area (Å²) in [6.45, 7) is 0.780. The highest BCUT2D eigenvalue weighted by atomic mass is 32.1. The van der Waals surface area contributed by atoms with E-state index < -0.39 is 0 Å². The van der Waals surface area contributed by atoms with Crippen molar-refractivity contribution >= 4 is 18.8 Å². The van der Waals surface area contributed by atoms with Crippen molar-refractivity contribution in [1.82, 2.24) is 0 Å². The molecule has 1 aliphatic rings. The minimum Gasteiger partial charge on any atom is -0.291 e. The predicted molar refractivity (Wildman–Crippen MR) is 47.9 cm³/mol. The Hall–Kier alpha value is -0.720. The summed E-state index contributed by atoms with van der Waals surface area (Å²) in [4.78, 5) is 4.10. The summed E-state index contributed by atoms with van der Waals surface area (Å²) in [5.74, 6) is 0.803. The first-order valence-corrected chi connectivity index (χ1v) is 3.81. The van der Waals surface area contributed by atoms with E-state index in [1.807, 2.05) is 24.4 Å². The summed E-state index contributed by atoms with van der Waals surface area (Å²) in [5.41, 5.74) is 4.07. The van der Waals surface area contributed by atoms with Crippen LogP contribution in [0.1, 0.15) is 0 Å². The highest BCUT2D eigenvalue weighted by Crippen LogP contribution is 1.97. The van der Waals surface area contributed by atoms with Crippen molar-refractivity contribution in [2.75, 3.05) is 12.3 Å². The fourth-order valence-corrected chi connectivity index (χ4v) is 0.761. The number of hydrogen-bond acceptors (Lipinski definition) is 2. The maximum absolute atomic E-state index is 4.10. The van der Waals surface area contributed by atoms with E-state index in [0.29, 0.717) is 0 Å². The van der Waals surface area contributed by atoms with Crippen LogP contribution in [0.3, 0.4) is 0 Å². The van der Waals surface area contributed by atoms with Crippen molar-refractivity contribution in [2.45, 2.75) is 0 Å². The van der Waals surface area contributed by atoms with Gasteiger partial charge in [0.15, 0.2) is 0 Å². The largest absolute Gasteiger partial charge is 0.291 e. The molecule has 10 heavy (non-hydrogen) atoms. The lowest BCUT2D eigenvalue weighted by atomic mass is 10.3. The summed E-state index contributed by atoms with van der Waals surface area (Å²) in [6.07, 6.45) is 7.61. The SMILES string of the molecule is SCCN=CC1=C=CC=C1. The van der Waals surface area contributed by atoms with Gasteiger partial charge in [-0.25, -0.2) is 0 Å². The normalized spacial score (nSPS) is 15.1. The Morgan fingerprint density at radius 3 is 3.20 bits per heavy atom. The molecule has 1 nitrogen and oxygen atoms in total. The molecule has 2 heteroatoms. The zero-order chi connectivity index (χ0) is 7.23. The molecule has 0 aromatic rings. The number of rotatable bonds is 3. The van der Waals surface area contributed by atoms with Crippen LogP contribution in [0.5, 0.6) is 0 Å². The fraction of sp³-hybridized carbons (Fsp3) is 0.250. The van der Waals surface area contributed by atoms with E-state index in [-0.39, 0.29) is 0 Å². The van der Waals surface area contributed by atoms with Crippen LogP contribution in [-0.2, 0) is 0 Å². The Kier molecular flexibility index (Phi) is 3.07. The Morgan fingerprint density at radius 2 is 2.60 bits per heavy atom. The molecule has 0 aromatic heterocycles. The smallest absolute Gasteiger partial charge is 0.0477 e. The van der Waals surface area contributed by atoms with Gasteiger partial charge in [-0.3, -0.25) is 4.99 Å². The lowest BCUT2D eigenvalue weighted by molar-refractivity contribution is 1.16. The molecule has 1 aliphatic carbocycles. The van der Waals surface area contributed by atoms with Gasteiger partial charge in [0.05, 0.1) is 0 Å². The molecule has 0 spiro atoms. The fourth-order valence-electron chi connectivity index (χ4n) is 0.645.